The highest BCUT2D eigenvalue weighted by atomic mass is 79.9. The van der Waals surface area contributed by atoms with Gasteiger partial charge in [-0.3, -0.25) is 4.79 Å². The number of nitrogens with zero attached hydrogens (tertiary/aromatic N) is 2. The summed E-state index contributed by atoms with van der Waals surface area (Å²) in [5.41, 5.74) is 0.813. The van der Waals surface area contributed by atoms with E-state index in [0.29, 0.717) is 11.4 Å². The Morgan fingerprint density at radius 2 is 1.32 bits per heavy atom. The Morgan fingerprint density at radius 3 is 1.68 bits per heavy atom. The molecule has 0 radical (unpaired) electrons. The van der Waals surface area contributed by atoms with Gasteiger partial charge in [-0.1, -0.05) is 0 Å². The predicted octanol–water partition coefficient (Wildman–Crippen LogP) is 4.88. The van der Waals surface area contributed by atoms with Crippen LogP contribution in [0.5, 0.6) is 0 Å². The van der Waals surface area contributed by atoms with Gasteiger partial charge in [-0.15, -0.1) is 22.7 Å². The van der Waals surface area contributed by atoms with Crippen LogP contribution in [-0.2, 0) is 0 Å². The fourth-order valence-electron chi connectivity index (χ4n) is 1.49. The van der Waals surface area contributed by atoms with E-state index in [1.165, 1.54) is 22.7 Å². The molecule has 0 aliphatic carbocycles. The largest absolute Gasteiger partial charge is 0.285 e. The number of hydrogen-bond acceptors (Lipinski definition) is 6. The molecule has 0 fully saturated rings. The summed E-state index contributed by atoms with van der Waals surface area (Å²) in [5.74, 6) is 0. The quantitative estimate of drug-likeness (QED) is 0.575. The Bertz CT molecular complexity index is 732. The summed E-state index contributed by atoms with van der Waals surface area (Å²) in [6.07, 6.45) is 0. The number of thiophene rings is 2. The van der Waals surface area contributed by atoms with Gasteiger partial charge in [0.15, 0.2) is 0 Å². The van der Waals surface area contributed by atoms with Crippen molar-refractivity contribution in [3.05, 3.63) is 42.1 Å². The van der Waals surface area contributed by atoms with Crippen molar-refractivity contribution in [2.75, 3.05) is 0 Å². The molecule has 8 heteroatoms. The van der Waals surface area contributed by atoms with Crippen molar-refractivity contribution in [2.24, 2.45) is 0 Å². The normalized spacial score (nSPS) is 10.8. The zero-order valence-corrected chi connectivity index (χ0v) is 14.7. The summed E-state index contributed by atoms with van der Waals surface area (Å²) in [6, 6.07) is 7.60. The van der Waals surface area contributed by atoms with E-state index in [2.05, 4.69) is 40.6 Å². The van der Waals surface area contributed by atoms with Gasteiger partial charge in [-0.05, 0) is 56.1 Å². The predicted molar refractivity (Wildman–Crippen MR) is 88.2 cm³/mol. The number of aromatic nitrogens is 2. The lowest BCUT2D eigenvalue weighted by molar-refractivity contribution is 1.37. The maximum absolute atomic E-state index is 12.5. The summed E-state index contributed by atoms with van der Waals surface area (Å²) in [7, 11) is 0. The van der Waals surface area contributed by atoms with Gasteiger partial charge in [0.05, 0.1) is 29.1 Å². The molecule has 0 unspecified atom stereocenters. The van der Waals surface area contributed by atoms with Crippen LogP contribution in [-0.4, -0.2) is 8.75 Å². The SMILES string of the molecule is O=c1c(-c2ccc(Br)s2)nsnc1-c1ccc(Br)s1. The minimum absolute atomic E-state index is 0.123. The molecule has 0 N–H and O–H groups in total. The lowest BCUT2D eigenvalue weighted by atomic mass is 10.2. The van der Waals surface area contributed by atoms with E-state index in [-0.39, 0.29) is 5.43 Å². The summed E-state index contributed by atoms with van der Waals surface area (Å²) in [6.45, 7) is 0. The molecule has 3 rings (SSSR count). The summed E-state index contributed by atoms with van der Waals surface area (Å²) >= 11 is 10.8. The van der Waals surface area contributed by atoms with Gasteiger partial charge < -0.3 is 0 Å². The molecule has 0 saturated heterocycles. The average molecular weight is 436 g/mol. The average Bonchev–Trinajstić information content (AvgIpc) is 2.99. The van der Waals surface area contributed by atoms with Crippen LogP contribution in [0.4, 0.5) is 0 Å². The molecule has 0 aromatic carbocycles. The van der Waals surface area contributed by atoms with Gasteiger partial charge in [0, 0.05) is 0 Å². The van der Waals surface area contributed by atoms with Gasteiger partial charge in [0.1, 0.15) is 11.4 Å². The minimum atomic E-state index is -0.123. The van der Waals surface area contributed by atoms with Crippen LogP contribution >= 0.6 is 66.3 Å². The molecule has 0 bridgehead atoms. The van der Waals surface area contributed by atoms with E-state index in [4.69, 9.17) is 0 Å². The highest BCUT2D eigenvalue weighted by Gasteiger charge is 2.15. The van der Waals surface area contributed by atoms with Crippen molar-refractivity contribution in [1.82, 2.24) is 8.75 Å². The van der Waals surface area contributed by atoms with Crippen LogP contribution in [0, 0.1) is 0 Å². The summed E-state index contributed by atoms with van der Waals surface area (Å²) < 4.78 is 10.3. The Balaban J connectivity index is 2.17. The molecule has 0 amide bonds. The van der Waals surface area contributed by atoms with Crippen molar-refractivity contribution in [1.29, 1.82) is 0 Å². The highest BCUT2D eigenvalue weighted by Crippen LogP contribution is 2.31. The first-order valence-corrected chi connectivity index (χ1v) is 8.98. The molecule has 96 valence electrons. The molecule has 0 aliphatic heterocycles. The van der Waals surface area contributed by atoms with E-state index in [1.54, 1.807) is 0 Å². The standard InChI is InChI=1S/C11H4Br2N2OS3/c12-7-3-1-5(17-7)9-11(16)10(15-19-14-9)6-2-4-8(13)18-6/h1-4H. The minimum Gasteiger partial charge on any atom is -0.285 e. The zero-order valence-electron chi connectivity index (χ0n) is 9.09. The van der Waals surface area contributed by atoms with Crippen molar-refractivity contribution in [3.8, 4) is 21.1 Å². The van der Waals surface area contributed by atoms with Crippen molar-refractivity contribution in [2.45, 2.75) is 0 Å². The summed E-state index contributed by atoms with van der Waals surface area (Å²) in [4.78, 5) is 14.2. The maximum Gasteiger partial charge on any atom is 0.234 e. The molecule has 3 heterocycles. The van der Waals surface area contributed by atoms with Crippen LogP contribution in [0.2, 0.25) is 0 Å². The van der Waals surface area contributed by atoms with E-state index in [1.807, 2.05) is 24.3 Å². The third kappa shape index (κ3) is 2.73. The Morgan fingerprint density at radius 1 is 0.842 bits per heavy atom. The molecule has 0 spiro atoms. The van der Waals surface area contributed by atoms with Crippen molar-refractivity contribution in [3.63, 3.8) is 0 Å². The molecule has 0 saturated carbocycles. The van der Waals surface area contributed by atoms with Crippen LogP contribution < -0.4 is 5.43 Å². The van der Waals surface area contributed by atoms with E-state index >= 15 is 0 Å². The maximum atomic E-state index is 12.5. The Kier molecular flexibility index (Phi) is 3.95. The number of hydrogen-bond donors (Lipinski definition) is 0. The van der Waals surface area contributed by atoms with E-state index < -0.39 is 0 Å². The Hall–Kier alpha value is -0.410. The van der Waals surface area contributed by atoms with E-state index in [9.17, 15) is 4.79 Å². The Labute approximate surface area is 137 Å². The third-order valence-corrected chi connectivity index (χ3v) is 6.10. The lowest BCUT2D eigenvalue weighted by Gasteiger charge is -1.97. The topological polar surface area (TPSA) is 42.9 Å². The lowest BCUT2D eigenvalue weighted by Crippen LogP contribution is -2.09. The molecule has 3 aromatic heterocycles. The van der Waals surface area contributed by atoms with Crippen LogP contribution in [0.25, 0.3) is 21.1 Å². The number of rotatable bonds is 2. The molecular weight excluding hydrogens is 432 g/mol. The number of halogens is 2. The first-order chi connectivity index (χ1) is 9.15. The van der Waals surface area contributed by atoms with Gasteiger partial charge in [0.25, 0.3) is 0 Å². The van der Waals surface area contributed by atoms with E-state index in [0.717, 1.165) is 29.1 Å². The molecule has 3 nitrogen and oxygen atoms in total. The second-order valence-corrected chi connectivity index (χ2v) is 8.95. The molecule has 3 aromatic rings. The van der Waals surface area contributed by atoms with Crippen molar-refractivity contribution < 1.29 is 0 Å². The fourth-order valence-corrected chi connectivity index (χ4v) is 4.92. The van der Waals surface area contributed by atoms with Crippen LogP contribution in [0.15, 0.2) is 36.6 Å². The first-order valence-electron chi connectivity index (χ1n) is 5.03. The molecule has 0 atom stereocenters. The second kappa shape index (κ2) is 5.53. The molecule has 0 aliphatic rings. The van der Waals surface area contributed by atoms with Gasteiger partial charge in [-0.2, -0.15) is 8.75 Å². The second-order valence-electron chi connectivity index (χ2n) is 3.50. The smallest absolute Gasteiger partial charge is 0.234 e. The molecular formula is C11H4Br2N2OS3. The zero-order chi connectivity index (χ0) is 13.4. The highest BCUT2D eigenvalue weighted by molar-refractivity contribution is 9.11. The first kappa shape index (κ1) is 13.6. The fraction of sp³-hybridized carbons (Fsp3) is 0. The van der Waals surface area contributed by atoms with Gasteiger partial charge in [-0.25, -0.2) is 0 Å². The van der Waals surface area contributed by atoms with Crippen LogP contribution in [0.1, 0.15) is 0 Å². The molecule has 19 heavy (non-hydrogen) atoms. The van der Waals surface area contributed by atoms with Crippen LogP contribution in [0.3, 0.4) is 0 Å². The summed E-state index contributed by atoms with van der Waals surface area (Å²) in [5, 5.41) is 0. The monoisotopic (exact) mass is 434 g/mol. The third-order valence-electron chi connectivity index (χ3n) is 2.31. The van der Waals surface area contributed by atoms with Gasteiger partial charge >= 0.3 is 0 Å². The van der Waals surface area contributed by atoms with Crippen molar-refractivity contribution >= 4 is 66.3 Å². The van der Waals surface area contributed by atoms with Gasteiger partial charge in [0.2, 0.25) is 5.43 Å².